The van der Waals surface area contributed by atoms with E-state index >= 15 is 0 Å². The van der Waals surface area contributed by atoms with Crippen LogP contribution in [0.15, 0.2) is 24.3 Å². The number of alkyl halides is 2. The molecule has 1 saturated carbocycles. The maximum atomic E-state index is 12.1. The molecule has 1 aliphatic carbocycles. The zero-order valence-electron chi connectivity index (χ0n) is 12.9. The Labute approximate surface area is 130 Å². The molecule has 1 fully saturated rings. The molecule has 0 spiro atoms. The first-order chi connectivity index (χ1) is 10.5. The molecule has 0 aromatic heterocycles. The first-order valence-electron chi connectivity index (χ1n) is 7.82. The third-order valence-corrected chi connectivity index (χ3v) is 4.24. The van der Waals surface area contributed by atoms with Crippen molar-refractivity contribution in [3.05, 3.63) is 29.8 Å². The molecule has 0 unspecified atom stereocenters. The zero-order valence-corrected chi connectivity index (χ0v) is 12.9. The van der Waals surface area contributed by atoms with Gasteiger partial charge in [0, 0.05) is 20.0 Å². The lowest BCUT2D eigenvalue weighted by Crippen LogP contribution is -2.26. The van der Waals surface area contributed by atoms with Crippen LogP contribution in [0.2, 0.25) is 0 Å². The lowest BCUT2D eigenvalue weighted by atomic mass is 10.0. The van der Waals surface area contributed by atoms with Crippen LogP contribution in [0, 0.1) is 5.92 Å². The minimum atomic E-state index is -2.81. The lowest BCUT2D eigenvalue weighted by molar-refractivity contribution is -0.130. The van der Waals surface area contributed by atoms with Crippen molar-refractivity contribution in [1.29, 1.82) is 0 Å². The third kappa shape index (κ3) is 5.28. The second-order valence-electron chi connectivity index (χ2n) is 5.96. The van der Waals surface area contributed by atoms with Gasteiger partial charge in [-0.15, -0.1) is 0 Å². The first-order valence-corrected chi connectivity index (χ1v) is 7.82. The molecule has 0 heterocycles. The lowest BCUT2D eigenvalue weighted by Gasteiger charge is -2.18. The van der Waals surface area contributed by atoms with E-state index in [9.17, 15) is 13.6 Å². The van der Waals surface area contributed by atoms with Gasteiger partial charge in [-0.3, -0.25) is 4.79 Å². The summed E-state index contributed by atoms with van der Waals surface area (Å²) in [4.78, 5) is 13.8. The van der Waals surface area contributed by atoms with Crippen LogP contribution in [-0.4, -0.2) is 24.5 Å². The van der Waals surface area contributed by atoms with Gasteiger partial charge in [-0.05, 0) is 30.0 Å². The fraction of sp³-hybridized carbons (Fsp3) is 0.588. The van der Waals surface area contributed by atoms with E-state index in [0.29, 0.717) is 18.9 Å². The third-order valence-electron chi connectivity index (χ3n) is 4.24. The van der Waals surface area contributed by atoms with E-state index in [1.54, 1.807) is 24.1 Å². The topological polar surface area (TPSA) is 29.5 Å². The van der Waals surface area contributed by atoms with Gasteiger partial charge >= 0.3 is 6.61 Å². The predicted molar refractivity (Wildman–Crippen MR) is 80.7 cm³/mol. The van der Waals surface area contributed by atoms with Crippen LogP contribution in [0.25, 0.3) is 0 Å². The fourth-order valence-corrected chi connectivity index (χ4v) is 2.96. The summed E-state index contributed by atoms with van der Waals surface area (Å²) in [5.74, 6) is 0.983. The highest BCUT2D eigenvalue weighted by atomic mass is 19.3. The molecular formula is C17H23F2NO2. The predicted octanol–water partition coefficient (Wildman–Crippen LogP) is 4.22. The Balaban J connectivity index is 1.77. The van der Waals surface area contributed by atoms with E-state index in [0.717, 1.165) is 12.0 Å². The Hall–Kier alpha value is -1.65. The van der Waals surface area contributed by atoms with Crippen molar-refractivity contribution in [2.75, 3.05) is 7.05 Å². The summed E-state index contributed by atoms with van der Waals surface area (Å²) >= 11 is 0. The van der Waals surface area contributed by atoms with Crippen LogP contribution in [0.1, 0.15) is 44.1 Å². The van der Waals surface area contributed by atoms with E-state index in [2.05, 4.69) is 4.74 Å². The quantitative estimate of drug-likeness (QED) is 0.754. The Bertz CT molecular complexity index is 470. The van der Waals surface area contributed by atoms with Crippen molar-refractivity contribution >= 4 is 5.91 Å². The van der Waals surface area contributed by atoms with Gasteiger partial charge in [-0.25, -0.2) is 0 Å². The smallest absolute Gasteiger partial charge is 0.387 e. The van der Waals surface area contributed by atoms with Crippen molar-refractivity contribution in [2.45, 2.75) is 51.7 Å². The number of carbonyl (C=O) groups excluding carboxylic acids is 1. The molecule has 1 aromatic carbocycles. The van der Waals surface area contributed by atoms with E-state index in [-0.39, 0.29) is 11.7 Å². The van der Waals surface area contributed by atoms with Gasteiger partial charge in [0.1, 0.15) is 5.75 Å². The van der Waals surface area contributed by atoms with Crippen molar-refractivity contribution in [2.24, 2.45) is 5.92 Å². The van der Waals surface area contributed by atoms with Crippen LogP contribution < -0.4 is 4.74 Å². The number of benzene rings is 1. The second kappa shape index (κ2) is 8.11. The summed E-state index contributed by atoms with van der Waals surface area (Å²) in [5, 5.41) is 0. The summed E-state index contributed by atoms with van der Waals surface area (Å²) < 4.78 is 28.5. The zero-order chi connectivity index (χ0) is 15.9. The molecule has 1 amide bonds. The molecule has 0 radical (unpaired) electrons. The molecule has 1 aliphatic rings. The molecule has 3 nitrogen and oxygen atoms in total. The Morgan fingerprint density at radius 1 is 1.27 bits per heavy atom. The number of hydrogen-bond donors (Lipinski definition) is 0. The maximum absolute atomic E-state index is 12.1. The summed E-state index contributed by atoms with van der Waals surface area (Å²) in [7, 11) is 1.78. The molecule has 22 heavy (non-hydrogen) atoms. The Kier molecular flexibility index (Phi) is 6.16. The van der Waals surface area contributed by atoms with E-state index in [1.807, 2.05) is 0 Å². The maximum Gasteiger partial charge on any atom is 0.387 e. The molecule has 0 N–H and O–H groups in total. The minimum Gasteiger partial charge on any atom is -0.435 e. The standard InChI is InChI=1S/C17H23F2NO2/c1-20(16(21)11-8-13-4-2-3-5-13)12-14-6-9-15(10-7-14)22-17(18)19/h6-7,9-10,13,17H,2-5,8,11-12H2,1H3. The number of carbonyl (C=O) groups is 1. The number of amides is 1. The van der Waals surface area contributed by atoms with E-state index in [1.165, 1.54) is 37.8 Å². The van der Waals surface area contributed by atoms with Gasteiger partial charge in [0.2, 0.25) is 5.91 Å². The normalized spacial score (nSPS) is 15.3. The van der Waals surface area contributed by atoms with Gasteiger partial charge in [0.15, 0.2) is 0 Å². The van der Waals surface area contributed by atoms with E-state index in [4.69, 9.17) is 0 Å². The largest absolute Gasteiger partial charge is 0.435 e. The summed E-state index contributed by atoms with van der Waals surface area (Å²) in [6.07, 6.45) is 6.66. The Morgan fingerprint density at radius 2 is 1.91 bits per heavy atom. The number of ether oxygens (including phenoxy) is 1. The first kappa shape index (κ1) is 16.7. The average Bonchev–Trinajstić information content (AvgIpc) is 2.99. The minimum absolute atomic E-state index is 0.133. The van der Waals surface area contributed by atoms with Crippen molar-refractivity contribution in [3.63, 3.8) is 0 Å². The molecule has 0 aliphatic heterocycles. The number of hydrogen-bond acceptors (Lipinski definition) is 2. The van der Waals surface area contributed by atoms with Crippen LogP contribution in [0.3, 0.4) is 0 Å². The van der Waals surface area contributed by atoms with Crippen LogP contribution in [0.5, 0.6) is 5.75 Å². The van der Waals surface area contributed by atoms with Gasteiger partial charge in [0.05, 0.1) is 0 Å². The summed E-state index contributed by atoms with van der Waals surface area (Å²) in [6, 6.07) is 6.41. The number of rotatable bonds is 7. The average molecular weight is 311 g/mol. The van der Waals surface area contributed by atoms with Gasteiger partial charge in [0.25, 0.3) is 0 Å². The van der Waals surface area contributed by atoms with Gasteiger partial charge in [-0.2, -0.15) is 8.78 Å². The number of nitrogens with zero attached hydrogens (tertiary/aromatic N) is 1. The van der Waals surface area contributed by atoms with Crippen LogP contribution in [0.4, 0.5) is 8.78 Å². The monoisotopic (exact) mass is 311 g/mol. The fourth-order valence-electron chi connectivity index (χ4n) is 2.96. The van der Waals surface area contributed by atoms with E-state index < -0.39 is 6.61 Å². The molecule has 122 valence electrons. The highest BCUT2D eigenvalue weighted by Gasteiger charge is 2.17. The molecule has 2 rings (SSSR count). The van der Waals surface area contributed by atoms with Crippen molar-refractivity contribution < 1.29 is 18.3 Å². The van der Waals surface area contributed by atoms with Crippen molar-refractivity contribution in [1.82, 2.24) is 4.90 Å². The summed E-state index contributed by atoms with van der Waals surface area (Å²) in [6.45, 7) is -2.33. The highest BCUT2D eigenvalue weighted by Crippen LogP contribution is 2.28. The second-order valence-corrected chi connectivity index (χ2v) is 5.96. The molecule has 5 heteroatoms. The Morgan fingerprint density at radius 3 is 2.50 bits per heavy atom. The molecule has 0 saturated heterocycles. The molecular weight excluding hydrogens is 288 g/mol. The molecule has 1 aromatic rings. The SMILES string of the molecule is CN(Cc1ccc(OC(F)F)cc1)C(=O)CCC1CCCC1. The molecule has 0 bridgehead atoms. The van der Waals surface area contributed by atoms with Gasteiger partial charge < -0.3 is 9.64 Å². The number of halogens is 2. The molecule has 0 atom stereocenters. The van der Waals surface area contributed by atoms with Gasteiger partial charge in [-0.1, -0.05) is 37.8 Å². The summed E-state index contributed by atoms with van der Waals surface area (Å²) in [5.41, 5.74) is 0.901. The highest BCUT2D eigenvalue weighted by molar-refractivity contribution is 5.75. The van der Waals surface area contributed by atoms with Crippen LogP contribution in [-0.2, 0) is 11.3 Å². The van der Waals surface area contributed by atoms with Crippen molar-refractivity contribution in [3.8, 4) is 5.75 Å². The van der Waals surface area contributed by atoms with Crippen LogP contribution >= 0.6 is 0 Å².